The summed E-state index contributed by atoms with van der Waals surface area (Å²) in [5.74, 6) is 0.564. The number of aliphatic hydroxyl groups excluding tert-OH is 1. The first-order valence-electron chi connectivity index (χ1n) is 6.46. The lowest BCUT2D eigenvalue weighted by molar-refractivity contribution is -0.136. The number of hydrogen-bond acceptors (Lipinski definition) is 4. The molecule has 0 radical (unpaired) electrons. The number of rotatable bonds is 5. The normalized spacial score (nSPS) is 13.7. The molecule has 1 unspecified atom stereocenters. The van der Waals surface area contributed by atoms with Crippen LogP contribution in [0.5, 0.6) is 5.75 Å². The Morgan fingerprint density at radius 1 is 1.32 bits per heavy atom. The van der Waals surface area contributed by atoms with Crippen molar-refractivity contribution < 1.29 is 19.4 Å². The van der Waals surface area contributed by atoms with E-state index in [9.17, 15) is 9.90 Å². The molecule has 0 spiro atoms. The van der Waals surface area contributed by atoms with Crippen LogP contribution >= 0.6 is 0 Å². The Labute approximate surface area is 113 Å². The molecular formula is C15H20O4. The van der Waals surface area contributed by atoms with E-state index in [0.717, 1.165) is 17.7 Å². The van der Waals surface area contributed by atoms with Gasteiger partial charge >= 0.3 is 5.97 Å². The molecule has 1 atom stereocenters. The van der Waals surface area contributed by atoms with Gasteiger partial charge in [-0.3, -0.25) is 0 Å². The van der Waals surface area contributed by atoms with Crippen LogP contribution in [0.2, 0.25) is 0 Å². The molecule has 4 heteroatoms. The van der Waals surface area contributed by atoms with E-state index >= 15 is 0 Å². The van der Waals surface area contributed by atoms with Gasteiger partial charge in [0.05, 0.1) is 18.8 Å². The van der Waals surface area contributed by atoms with Gasteiger partial charge in [0.2, 0.25) is 0 Å². The molecule has 1 aliphatic rings. The summed E-state index contributed by atoms with van der Waals surface area (Å²) >= 11 is 0. The zero-order chi connectivity index (χ0) is 14.1. The number of carbonyl (C=O) groups is 1. The van der Waals surface area contributed by atoms with Crippen molar-refractivity contribution in [2.24, 2.45) is 0 Å². The van der Waals surface area contributed by atoms with Gasteiger partial charge in [-0.2, -0.15) is 0 Å². The zero-order valence-electron chi connectivity index (χ0n) is 11.3. The first-order chi connectivity index (χ1) is 9.19. The summed E-state index contributed by atoms with van der Waals surface area (Å²) < 4.78 is 9.66. The number of ether oxygens (including phenoxy) is 2. The van der Waals surface area contributed by atoms with Crippen LogP contribution in [-0.2, 0) is 9.53 Å². The van der Waals surface area contributed by atoms with Gasteiger partial charge in [0.1, 0.15) is 12.0 Å². The van der Waals surface area contributed by atoms with Crippen molar-refractivity contribution in [1.82, 2.24) is 0 Å². The van der Waals surface area contributed by atoms with Crippen LogP contribution in [-0.4, -0.2) is 17.7 Å². The lowest BCUT2D eigenvalue weighted by Gasteiger charge is -2.14. The van der Waals surface area contributed by atoms with Crippen LogP contribution in [0.1, 0.15) is 38.4 Å². The highest BCUT2D eigenvalue weighted by Gasteiger charge is 2.10. The highest BCUT2D eigenvalue weighted by atomic mass is 16.5. The average molecular weight is 264 g/mol. The number of para-hydroxylation sites is 1. The standard InChI is InChI=1S/C12H18O2.C3H2O2/c1-3-9-14-12-8-6-5-7-10(12)11(13)4-2;4-3-1-2-5-3/h5-8,11,13H,3-4,9H2,1-2H3;1-2H. The Bertz CT molecular complexity index is 426. The molecular weight excluding hydrogens is 244 g/mol. The van der Waals surface area contributed by atoms with Crippen LogP contribution in [0.25, 0.3) is 0 Å². The van der Waals surface area contributed by atoms with E-state index in [-0.39, 0.29) is 5.97 Å². The third-order valence-electron chi connectivity index (χ3n) is 2.51. The number of carbonyl (C=O) groups excluding carboxylic acids is 1. The second-order valence-corrected chi connectivity index (χ2v) is 4.05. The molecule has 1 aromatic rings. The maximum atomic E-state index is 9.73. The minimum atomic E-state index is -0.414. The molecule has 1 N–H and O–H groups in total. The van der Waals surface area contributed by atoms with Gasteiger partial charge in [-0.05, 0) is 18.9 Å². The van der Waals surface area contributed by atoms with E-state index in [4.69, 9.17) is 4.74 Å². The number of cyclic esters (lactones) is 1. The molecule has 2 rings (SSSR count). The van der Waals surface area contributed by atoms with Crippen LogP contribution < -0.4 is 4.74 Å². The summed E-state index contributed by atoms with van der Waals surface area (Å²) in [6.07, 6.45) is 3.99. The summed E-state index contributed by atoms with van der Waals surface area (Å²) in [7, 11) is 0. The van der Waals surface area contributed by atoms with Crippen molar-refractivity contribution in [2.75, 3.05) is 6.61 Å². The molecule has 1 heterocycles. The molecule has 104 valence electrons. The average Bonchev–Trinajstić information content (AvgIpc) is 2.43. The third-order valence-corrected chi connectivity index (χ3v) is 2.51. The fourth-order valence-electron chi connectivity index (χ4n) is 1.44. The van der Waals surface area contributed by atoms with Crippen molar-refractivity contribution in [3.63, 3.8) is 0 Å². The molecule has 0 saturated heterocycles. The van der Waals surface area contributed by atoms with Crippen molar-refractivity contribution in [1.29, 1.82) is 0 Å². The van der Waals surface area contributed by atoms with Gasteiger partial charge in [0.25, 0.3) is 0 Å². The molecule has 0 saturated carbocycles. The van der Waals surface area contributed by atoms with Gasteiger partial charge in [0.15, 0.2) is 0 Å². The summed E-state index contributed by atoms with van der Waals surface area (Å²) in [5, 5.41) is 9.73. The van der Waals surface area contributed by atoms with Crippen molar-refractivity contribution >= 4 is 5.97 Å². The fraction of sp³-hybridized carbons (Fsp3) is 0.400. The van der Waals surface area contributed by atoms with Gasteiger partial charge in [-0.15, -0.1) is 0 Å². The molecule has 0 aliphatic carbocycles. The Hall–Kier alpha value is -1.81. The molecule has 0 aromatic heterocycles. The fourth-order valence-corrected chi connectivity index (χ4v) is 1.44. The summed E-state index contributed by atoms with van der Waals surface area (Å²) in [5.41, 5.74) is 0.892. The number of benzene rings is 1. The van der Waals surface area contributed by atoms with E-state index < -0.39 is 6.10 Å². The Kier molecular flexibility index (Phi) is 6.68. The van der Waals surface area contributed by atoms with Crippen LogP contribution in [0.3, 0.4) is 0 Å². The topological polar surface area (TPSA) is 55.8 Å². The Morgan fingerprint density at radius 3 is 2.42 bits per heavy atom. The minimum absolute atomic E-state index is 0.245. The lowest BCUT2D eigenvalue weighted by Crippen LogP contribution is -2.02. The van der Waals surface area contributed by atoms with Crippen LogP contribution in [0.15, 0.2) is 36.6 Å². The van der Waals surface area contributed by atoms with E-state index in [1.807, 2.05) is 31.2 Å². The largest absolute Gasteiger partial charge is 0.493 e. The first kappa shape index (κ1) is 15.2. The molecule has 19 heavy (non-hydrogen) atoms. The summed E-state index contributed by atoms with van der Waals surface area (Å²) in [6, 6.07) is 7.67. The molecule has 0 amide bonds. The maximum absolute atomic E-state index is 9.73. The second kappa shape index (κ2) is 8.32. The zero-order valence-corrected chi connectivity index (χ0v) is 11.3. The quantitative estimate of drug-likeness (QED) is 0.831. The van der Waals surface area contributed by atoms with E-state index in [1.165, 1.54) is 12.3 Å². The Morgan fingerprint density at radius 2 is 1.95 bits per heavy atom. The van der Waals surface area contributed by atoms with Gasteiger partial charge in [-0.25, -0.2) is 4.79 Å². The summed E-state index contributed by atoms with van der Waals surface area (Å²) in [4.78, 5) is 9.59. The lowest BCUT2D eigenvalue weighted by atomic mass is 10.1. The predicted molar refractivity (Wildman–Crippen MR) is 72.7 cm³/mol. The van der Waals surface area contributed by atoms with E-state index in [0.29, 0.717) is 13.0 Å². The molecule has 0 bridgehead atoms. The van der Waals surface area contributed by atoms with Crippen molar-refractivity contribution in [3.8, 4) is 5.75 Å². The maximum Gasteiger partial charge on any atom is 0.338 e. The molecule has 1 aromatic carbocycles. The highest BCUT2D eigenvalue weighted by Crippen LogP contribution is 2.26. The predicted octanol–water partition coefficient (Wildman–Crippen LogP) is 2.98. The smallest absolute Gasteiger partial charge is 0.338 e. The number of hydrogen-bond donors (Lipinski definition) is 1. The number of esters is 1. The van der Waals surface area contributed by atoms with Gasteiger partial charge in [-0.1, -0.05) is 32.0 Å². The monoisotopic (exact) mass is 264 g/mol. The van der Waals surface area contributed by atoms with Crippen LogP contribution in [0, 0.1) is 0 Å². The Balaban J connectivity index is 0.000000300. The first-order valence-corrected chi connectivity index (χ1v) is 6.46. The third kappa shape index (κ3) is 5.14. The highest BCUT2D eigenvalue weighted by molar-refractivity contribution is 5.86. The number of aliphatic hydroxyl groups is 1. The summed E-state index contributed by atoms with van der Waals surface area (Å²) in [6.45, 7) is 4.73. The van der Waals surface area contributed by atoms with Crippen molar-refractivity contribution in [2.45, 2.75) is 32.8 Å². The molecule has 4 nitrogen and oxygen atoms in total. The van der Waals surface area contributed by atoms with Crippen LogP contribution in [0.4, 0.5) is 0 Å². The van der Waals surface area contributed by atoms with E-state index in [1.54, 1.807) is 0 Å². The van der Waals surface area contributed by atoms with Crippen molar-refractivity contribution in [3.05, 3.63) is 42.2 Å². The molecule has 0 fully saturated rings. The second-order valence-electron chi connectivity index (χ2n) is 4.05. The van der Waals surface area contributed by atoms with E-state index in [2.05, 4.69) is 11.7 Å². The van der Waals surface area contributed by atoms with Gasteiger partial charge in [0, 0.05) is 5.56 Å². The molecule has 1 aliphatic heterocycles. The minimum Gasteiger partial charge on any atom is -0.493 e. The SMILES string of the molecule is CCCOc1ccccc1C(O)CC.O=C1C=CO1. The van der Waals surface area contributed by atoms with Gasteiger partial charge < -0.3 is 14.6 Å².